The third-order valence-electron chi connectivity index (χ3n) is 6.48. The zero-order valence-electron chi connectivity index (χ0n) is 20.9. The third kappa shape index (κ3) is 6.58. The van der Waals surface area contributed by atoms with Gasteiger partial charge in [0, 0.05) is 16.5 Å². The van der Waals surface area contributed by atoms with Crippen LogP contribution in [0, 0.1) is 29.3 Å². The van der Waals surface area contributed by atoms with E-state index < -0.39 is 29.2 Å². The smallest absolute Gasteiger partial charge is 0.206 e. The standard InChI is InChI=1S/C32H26F6/c1-2-3-4-5-21-6-8-22(9-7-21)10-11-23-13-17-27-26(18-23)16-15-25(31(27)35)14-12-24-19-28(33)30(29(34)20-24)32(36,37)38/h6-9,13,15-20H,2-5,12,14H2,1H3. The van der Waals surface area contributed by atoms with Crippen LogP contribution in [0.25, 0.3) is 10.8 Å². The number of rotatable bonds is 7. The lowest BCUT2D eigenvalue weighted by molar-refractivity contribution is -0.142. The second-order valence-electron chi connectivity index (χ2n) is 9.31. The van der Waals surface area contributed by atoms with Gasteiger partial charge in [-0.25, -0.2) is 13.2 Å². The van der Waals surface area contributed by atoms with Gasteiger partial charge in [0.15, 0.2) is 0 Å². The van der Waals surface area contributed by atoms with Crippen molar-refractivity contribution in [3.8, 4) is 11.8 Å². The van der Waals surface area contributed by atoms with Crippen molar-refractivity contribution in [2.75, 3.05) is 0 Å². The monoisotopic (exact) mass is 524 g/mol. The fraction of sp³-hybridized carbons (Fsp3) is 0.250. The molecule has 0 bridgehead atoms. The molecule has 0 atom stereocenters. The van der Waals surface area contributed by atoms with Crippen molar-refractivity contribution in [2.24, 2.45) is 0 Å². The molecule has 4 aromatic carbocycles. The number of benzene rings is 4. The Morgan fingerprint density at radius 2 is 1.32 bits per heavy atom. The Bertz CT molecular complexity index is 1460. The van der Waals surface area contributed by atoms with Crippen molar-refractivity contribution < 1.29 is 26.3 Å². The Morgan fingerprint density at radius 3 is 1.97 bits per heavy atom. The van der Waals surface area contributed by atoms with Gasteiger partial charge in [0.05, 0.1) is 0 Å². The number of fused-ring (bicyclic) bond motifs is 1. The van der Waals surface area contributed by atoms with E-state index in [9.17, 15) is 22.0 Å². The fourth-order valence-electron chi connectivity index (χ4n) is 4.41. The van der Waals surface area contributed by atoms with Gasteiger partial charge in [-0.15, -0.1) is 0 Å². The normalized spacial score (nSPS) is 11.4. The number of hydrogen-bond donors (Lipinski definition) is 0. The summed E-state index contributed by atoms with van der Waals surface area (Å²) in [5, 5.41) is 1.02. The molecule has 0 radical (unpaired) electrons. The van der Waals surface area contributed by atoms with Crippen molar-refractivity contribution >= 4 is 10.8 Å². The molecule has 4 rings (SSSR count). The number of halogens is 6. The van der Waals surface area contributed by atoms with Crippen LogP contribution in [0.1, 0.15) is 59.6 Å². The van der Waals surface area contributed by atoms with Crippen LogP contribution in [0.5, 0.6) is 0 Å². The zero-order valence-corrected chi connectivity index (χ0v) is 20.9. The Hall–Kier alpha value is -3.72. The lowest BCUT2D eigenvalue weighted by Crippen LogP contribution is -2.12. The molecule has 0 nitrogen and oxygen atoms in total. The first kappa shape index (κ1) is 27.3. The van der Waals surface area contributed by atoms with Crippen molar-refractivity contribution in [2.45, 2.75) is 51.6 Å². The summed E-state index contributed by atoms with van der Waals surface area (Å²) in [5.41, 5.74) is 1.31. The molecule has 0 fully saturated rings. The van der Waals surface area contributed by atoms with Crippen LogP contribution in [0.15, 0.2) is 66.7 Å². The van der Waals surface area contributed by atoms with Crippen molar-refractivity contribution in [3.05, 3.63) is 118 Å². The Kier molecular flexibility index (Phi) is 8.46. The van der Waals surface area contributed by atoms with Gasteiger partial charge in [0.1, 0.15) is 23.0 Å². The van der Waals surface area contributed by atoms with Crippen LogP contribution in [0.4, 0.5) is 26.3 Å². The van der Waals surface area contributed by atoms with Gasteiger partial charge in [-0.2, -0.15) is 13.2 Å². The van der Waals surface area contributed by atoms with E-state index in [0.29, 0.717) is 28.5 Å². The largest absolute Gasteiger partial charge is 0.422 e. The van der Waals surface area contributed by atoms with E-state index in [2.05, 4.69) is 30.9 Å². The summed E-state index contributed by atoms with van der Waals surface area (Å²) < 4.78 is 81.2. The Balaban J connectivity index is 1.47. The molecule has 6 heteroatoms. The number of hydrogen-bond acceptors (Lipinski definition) is 0. The van der Waals surface area contributed by atoms with Gasteiger partial charge in [-0.3, -0.25) is 0 Å². The highest BCUT2D eigenvalue weighted by Crippen LogP contribution is 2.34. The molecule has 4 aromatic rings. The molecule has 0 saturated heterocycles. The molecule has 0 aliphatic rings. The third-order valence-corrected chi connectivity index (χ3v) is 6.48. The van der Waals surface area contributed by atoms with Crippen LogP contribution < -0.4 is 0 Å². The van der Waals surface area contributed by atoms with E-state index in [-0.39, 0.29) is 18.4 Å². The topological polar surface area (TPSA) is 0 Å². The summed E-state index contributed by atoms with van der Waals surface area (Å²) >= 11 is 0. The Labute approximate surface area is 218 Å². The maximum atomic E-state index is 15.1. The summed E-state index contributed by atoms with van der Waals surface area (Å²) in [6.45, 7) is 2.18. The maximum Gasteiger partial charge on any atom is 0.422 e. The summed E-state index contributed by atoms with van der Waals surface area (Å²) in [6, 6.07) is 17.9. The summed E-state index contributed by atoms with van der Waals surface area (Å²) in [5.74, 6) is 2.41. The lowest BCUT2D eigenvalue weighted by atomic mass is 9.98. The predicted molar refractivity (Wildman–Crippen MR) is 138 cm³/mol. The highest BCUT2D eigenvalue weighted by molar-refractivity contribution is 5.85. The molecule has 0 aliphatic carbocycles. The van der Waals surface area contributed by atoms with Gasteiger partial charge >= 0.3 is 6.18 Å². The molecule has 0 unspecified atom stereocenters. The molecular weight excluding hydrogens is 498 g/mol. The van der Waals surface area contributed by atoms with E-state index in [1.54, 1.807) is 30.3 Å². The quantitative estimate of drug-likeness (QED) is 0.128. The molecule has 0 saturated carbocycles. The first-order chi connectivity index (χ1) is 18.2. The van der Waals surface area contributed by atoms with Crippen molar-refractivity contribution in [1.82, 2.24) is 0 Å². The Morgan fingerprint density at radius 1 is 0.658 bits per heavy atom. The molecule has 196 valence electrons. The van der Waals surface area contributed by atoms with E-state index in [1.807, 2.05) is 12.1 Å². The number of unbranched alkanes of at least 4 members (excludes halogenated alkanes) is 2. The average molecular weight is 525 g/mol. The van der Waals surface area contributed by atoms with Crippen LogP contribution in [0.3, 0.4) is 0 Å². The minimum absolute atomic E-state index is 0.0185. The lowest BCUT2D eigenvalue weighted by Gasteiger charge is -2.12. The van der Waals surface area contributed by atoms with E-state index >= 15 is 4.39 Å². The average Bonchev–Trinajstić information content (AvgIpc) is 2.87. The van der Waals surface area contributed by atoms with Gasteiger partial charge in [-0.05, 0) is 84.2 Å². The summed E-state index contributed by atoms with van der Waals surface area (Å²) in [6.07, 6.45) is -0.451. The van der Waals surface area contributed by atoms with Crippen LogP contribution in [-0.2, 0) is 25.4 Å². The summed E-state index contributed by atoms with van der Waals surface area (Å²) in [4.78, 5) is 0. The molecule has 38 heavy (non-hydrogen) atoms. The van der Waals surface area contributed by atoms with Gasteiger partial charge in [0.2, 0.25) is 0 Å². The van der Waals surface area contributed by atoms with Crippen LogP contribution in [0.2, 0.25) is 0 Å². The van der Waals surface area contributed by atoms with Crippen molar-refractivity contribution in [1.29, 1.82) is 0 Å². The van der Waals surface area contributed by atoms with Crippen molar-refractivity contribution in [3.63, 3.8) is 0 Å². The predicted octanol–water partition coefficient (Wildman–Crippen LogP) is 9.19. The highest BCUT2D eigenvalue weighted by Gasteiger charge is 2.37. The van der Waals surface area contributed by atoms with E-state index in [4.69, 9.17) is 0 Å². The zero-order chi connectivity index (χ0) is 27.3. The molecule has 0 N–H and O–H groups in total. The van der Waals surface area contributed by atoms with E-state index in [1.165, 1.54) is 24.8 Å². The molecular formula is C32H26F6. The highest BCUT2D eigenvalue weighted by atomic mass is 19.4. The number of alkyl halides is 3. The summed E-state index contributed by atoms with van der Waals surface area (Å²) in [7, 11) is 0. The van der Waals surface area contributed by atoms with Gasteiger partial charge in [0.25, 0.3) is 0 Å². The molecule has 0 spiro atoms. The SMILES string of the molecule is CCCCCc1ccc(C#Cc2ccc3c(F)c(CCc4cc(F)c(C(F)(F)F)c(F)c4)ccc3c2)cc1. The van der Waals surface area contributed by atoms with Crippen LogP contribution in [-0.4, -0.2) is 0 Å². The maximum absolute atomic E-state index is 15.1. The first-order valence-electron chi connectivity index (χ1n) is 12.5. The first-order valence-corrected chi connectivity index (χ1v) is 12.5. The molecule has 0 heterocycles. The van der Waals surface area contributed by atoms with E-state index in [0.717, 1.165) is 17.5 Å². The molecule has 0 aliphatic heterocycles. The molecule has 0 aromatic heterocycles. The molecule has 0 amide bonds. The van der Waals surface area contributed by atoms with Gasteiger partial charge < -0.3 is 0 Å². The second-order valence-corrected chi connectivity index (χ2v) is 9.31. The van der Waals surface area contributed by atoms with Gasteiger partial charge in [-0.1, -0.05) is 61.9 Å². The minimum atomic E-state index is -5.13. The number of aryl methyl sites for hydroxylation is 3. The fourth-order valence-corrected chi connectivity index (χ4v) is 4.41. The minimum Gasteiger partial charge on any atom is -0.206 e. The second kappa shape index (κ2) is 11.8. The van der Waals surface area contributed by atoms with Crippen LogP contribution >= 0.6 is 0 Å².